The largest absolute Gasteiger partial charge is 0.352 e. The van der Waals surface area contributed by atoms with E-state index in [1.807, 2.05) is 38.1 Å². The third-order valence-corrected chi connectivity index (χ3v) is 2.53. The molecule has 0 atom stereocenters. The molecule has 0 aliphatic rings. The van der Waals surface area contributed by atoms with Gasteiger partial charge in [0, 0.05) is 17.4 Å². The third kappa shape index (κ3) is 4.98. The molecule has 0 saturated heterocycles. The van der Waals surface area contributed by atoms with Crippen molar-refractivity contribution in [3.63, 3.8) is 0 Å². The van der Waals surface area contributed by atoms with Crippen LogP contribution in [0.3, 0.4) is 0 Å². The molecule has 0 unspecified atom stereocenters. The highest BCUT2D eigenvalue weighted by Gasteiger charge is 2.03. The summed E-state index contributed by atoms with van der Waals surface area (Å²) in [5, 5.41) is 2.90. The van der Waals surface area contributed by atoms with Gasteiger partial charge in [0.05, 0.1) is 0 Å². The molecule has 0 aliphatic carbocycles. The van der Waals surface area contributed by atoms with Crippen molar-refractivity contribution in [2.75, 3.05) is 0 Å². The molecule has 1 aromatic carbocycles. The molecular formula is C12H16BrNO. The smallest absolute Gasteiger partial charge is 0.220 e. The van der Waals surface area contributed by atoms with Crippen molar-refractivity contribution in [2.24, 2.45) is 5.92 Å². The predicted octanol–water partition coefficient (Wildman–Crippen LogP) is 3.11. The molecule has 0 saturated carbocycles. The summed E-state index contributed by atoms with van der Waals surface area (Å²) >= 11 is 3.37. The third-order valence-electron chi connectivity index (χ3n) is 2.00. The fourth-order valence-electron chi connectivity index (χ4n) is 1.25. The first-order chi connectivity index (χ1) is 7.08. The van der Waals surface area contributed by atoms with E-state index in [2.05, 4.69) is 21.2 Å². The van der Waals surface area contributed by atoms with Crippen LogP contribution in [0.5, 0.6) is 0 Å². The van der Waals surface area contributed by atoms with Gasteiger partial charge in [0.15, 0.2) is 0 Å². The lowest BCUT2D eigenvalue weighted by Gasteiger charge is -2.07. The van der Waals surface area contributed by atoms with E-state index < -0.39 is 0 Å². The monoisotopic (exact) mass is 269 g/mol. The number of hydrogen-bond donors (Lipinski definition) is 1. The molecule has 1 rings (SSSR count). The zero-order valence-corrected chi connectivity index (χ0v) is 10.7. The first-order valence-corrected chi connectivity index (χ1v) is 5.88. The summed E-state index contributed by atoms with van der Waals surface area (Å²) in [6, 6.07) is 7.95. The Hall–Kier alpha value is -0.830. The van der Waals surface area contributed by atoms with Crippen LogP contribution in [0, 0.1) is 5.92 Å². The lowest BCUT2D eigenvalue weighted by molar-refractivity contribution is -0.121. The molecular weight excluding hydrogens is 254 g/mol. The van der Waals surface area contributed by atoms with E-state index in [4.69, 9.17) is 0 Å². The Labute approximate surface area is 99.2 Å². The first kappa shape index (κ1) is 12.2. The van der Waals surface area contributed by atoms with Crippen LogP contribution < -0.4 is 5.32 Å². The molecule has 0 spiro atoms. The lowest BCUT2D eigenvalue weighted by Crippen LogP contribution is -2.23. The number of rotatable bonds is 4. The molecule has 0 radical (unpaired) electrons. The Bertz CT molecular complexity index is 319. The maximum atomic E-state index is 11.4. The van der Waals surface area contributed by atoms with Gasteiger partial charge in [0.25, 0.3) is 0 Å². The molecule has 1 amide bonds. The molecule has 0 heterocycles. The predicted molar refractivity (Wildman–Crippen MR) is 65.4 cm³/mol. The van der Waals surface area contributed by atoms with Crippen LogP contribution >= 0.6 is 15.9 Å². The molecule has 0 aliphatic heterocycles. The van der Waals surface area contributed by atoms with Crippen LogP contribution in [0.4, 0.5) is 0 Å². The molecule has 0 fully saturated rings. The van der Waals surface area contributed by atoms with Crippen LogP contribution in [0.1, 0.15) is 25.8 Å². The molecule has 15 heavy (non-hydrogen) atoms. The summed E-state index contributed by atoms with van der Waals surface area (Å²) in [4.78, 5) is 11.4. The molecule has 2 nitrogen and oxygen atoms in total. The molecule has 3 heteroatoms. The van der Waals surface area contributed by atoms with Crippen molar-refractivity contribution in [1.29, 1.82) is 0 Å². The normalized spacial score (nSPS) is 10.4. The van der Waals surface area contributed by atoms with Crippen molar-refractivity contribution in [3.8, 4) is 0 Å². The van der Waals surface area contributed by atoms with E-state index in [1.165, 1.54) is 0 Å². The highest BCUT2D eigenvalue weighted by atomic mass is 79.9. The summed E-state index contributed by atoms with van der Waals surface area (Å²) in [6.45, 7) is 4.69. The van der Waals surface area contributed by atoms with E-state index in [0.29, 0.717) is 18.9 Å². The number of hydrogen-bond acceptors (Lipinski definition) is 1. The van der Waals surface area contributed by atoms with Crippen molar-refractivity contribution >= 4 is 21.8 Å². The van der Waals surface area contributed by atoms with Gasteiger partial charge in [-0.05, 0) is 23.6 Å². The summed E-state index contributed by atoms with van der Waals surface area (Å²) < 4.78 is 1.06. The van der Waals surface area contributed by atoms with Gasteiger partial charge in [-0.25, -0.2) is 0 Å². The van der Waals surface area contributed by atoms with Crippen molar-refractivity contribution in [1.82, 2.24) is 5.32 Å². The second-order valence-corrected chi connectivity index (χ2v) is 4.92. The van der Waals surface area contributed by atoms with E-state index >= 15 is 0 Å². The minimum atomic E-state index is 0.118. The Morgan fingerprint density at radius 1 is 1.33 bits per heavy atom. The van der Waals surface area contributed by atoms with Gasteiger partial charge in [-0.2, -0.15) is 0 Å². The quantitative estimate of drug-likeness (QED) is 0.894. The zero-order chi connectivity index (χ0) is 11.3. The van der Waals surface area contributed by atoms with Crippen LogP contribution in [0.2, 0.25) is 0 Å². The van der Waals surface area contributed by atoms with Crippen LogP contribution in [-0.4, -0.2) is 5.91 Å². The van der Waals surface area contributed by atoms with Crippen LogP contribution in [0.15, 0.2) is 28.7 Å². The maximum Gasteiger partial charge on any atom is 0.220 e. The summed E-state index contributed by atoms with van der Waals surface area (Å²) in [5.41, 5.74) is 1.12. The van der Waals surface area contributed by atoms with E-state index in [9.17, 15) is 4.79 Å². The highest BCUT2D eigenvalue weighted by molar-refractivity contribution is 9.10. The van der Waals surface area contributed by atoms with Crippen molar-refractivity contribution in [2.45, 2.75) is 26.8 Å². The minimum Gasteiger partial charge on any atom is -0.352 e. The molecule has 0 bridgehead atoms. The van der Waals surface area contributed by atoms with Crippen LogP contribution in [-0.2, 0) is 11.3 Å². The van der Waals surface area contributed by atoms with Gasteiger partial charge in [0.2, 0.25) is 5.91 Å². The Balaban J connectivity index is 2.37. The fourth-order valence-corrected chi connectivity index (χ4v) is 1.51. The molecule has 82 valence electrons. The first-order valence-electron chi connectivity index (χ1n) is 5.09. The molecule has 0 aromatic heterocycles. The Morgan fingerprint density at radius 3 is 2.47 bits per heavy atom. The average molecular weight is 270 g/mol. The topological polar surface area (TPSA) is 29.1 Å². The molecule has 1 aromatic rings. The summed E-state index contributed by atoms with van der Waals surface area (Å²) in [6.07, 6.45) is 0.594. The van der Waals surface area contributed by atoms with Gasteiger partial charge in [0.1, 0.15) is 0 Å². The summed E-state index contributed by atoms with van der Waals surface area (Å²) in [7, 11) is 0. The number of carbonyl (C=O) groups excluding carboxylic acids is 1. The van der Waals surface area contributed by atoms with Gasteiger partial charge in [-0.1, -0.05) is 41.9 Å². The van der Waals surface area contributed by atoms with Crippen LogP contribution in [0.25, 0.3) is 0 Å². The van der Waals surface area contributed by atoms with Gasteiger partial charge < -0.3 is 5.32 Å². The SMILES string of the molecule is CC(C)CC(=O)NCc1ccc(Br)cc1. The standard InChI is InChI=1S/C12H16BrNO/c1-9(2)7-12(15)14-8-10-3-5-11(13)6-4-10/h3-6,9H,7-8H2,1-2H3,(H,14,15). The number of halogens is 1. The number of amides is 1. The second kappa shape index (κ2) is 5.91. The van der Waals surface area contributed by atoms with Gasteiger partial charge >= 0.3 is 0 Å². The number of benzene rings is 1. The van der Waals surface area contributed by atoms with E-state index in [0.717, 1.165) is 10.0 Å². The van der Waals surface area contributed by atoms with Crippen molar-refractivity contribution < 1.29 is 4.79 Å². The second-order valence-electron chi connectivity index (χ2n) is 4.00. The maximum absolute atomic E-state index is 11.4. The summed E-state index contributed by atoms with van der Waals surface area (Å²) in [5.74, 6) is 0.530. The Morgan fingerprint density at radius 2 is 1.93 bits per heavy atom. The highest BCUT2D eigenvalue weighted by Crippen LogP contribution is 2.10. The number of carbonyl (C=O) groups is 1. The minimum absolute atomic E-state index is 0.118. The molecule has 1 N–H and O–H groups in total. The van der Waals surface area contributed by atoms with Crippen molar-refractivity contribution in [3.05, 3.63) is 34.3 Å². The van der Waals surface area contributed by atoms with Gasteiger partial charge in [-0.3, -0.25) is 4.79 Å². The average Bonchev–Trinajstić information content (AvgIpc) is 2.16. The zero-order valence-electron chi connectivity index (χ0n) is 9.09. The van der Waals surface area contributed by atoms with Gasteiger partial charge in [-0.15, -0.1) is 0 Å². The number of nitrogens with one attached hydrogen (secondary N) is 1. The fraction of sp³-hybridized carbons (Fsp3) is 0.417. The lowest BCUT2D eigenvalue weighted by atomic mass is 10.1. The Kier molecular flexibility index (Phi) is 4.82. The van der Waals surface area contributed by atoms with E-state index in [-0.39, 0.29) is 5.91 Å². The van der Waals surface area contributed by atoms with E-state index in [1.54, 1.807) is 0 Å².